The number of thiazole rings is 1. The Morgan fingerprint density at radius 2 is 1.90 bits per heavy atom. The molecule has 0 aliphatic carbocycles. The van der Waals surface area contributed by atoms with Crippen LogP contribution in [0.25, 0.3) is 11.3 Å². The largest absolute Gasteiger partial charge is 0.444 e. The number of carbonyl (C=O) groups excluding carboxylic acids is 2. The number of aromatic nitrogens is 1. The number of piperidine rings is 1. The molecule has 0 bridgehead atoms. The number of amides is 2. The molecule has 7 nitrogen and oxygen atoms in total. The van der Waals surface area contributed by atoms with E-state index in [1.807, 2.05) is 26.2 Å². The van der Waals surface area contributed by atoms with Crippen molar-refractivity contribution in [2.75, 3.05) is 25.0 Å². The topological polar surface area (TPSA) is 83.6 Å². The Labute approximate surface area is 188 Å². The molecule has 0 atom stereocenters. The van der Waals surface area contributed by atoms with Gasteiger partial charge < -0.3 is 15.4 Å². The van der Waals surface area contributed by atoms with Gasteiger partial charge in [-0.25, -0.2) is 9.78 Å². The number of likely N-dealkylation sites (tertiary alicyclic amines) is 1. The molecule has 2 N–H and O–H groups in total. The van der Waals surface area contributed by atoms with Crippen molar-refractivity contribution in [2.24, 2.45) is 0 Å². The van der Waals surface area contributed by atoms with E-state index in [1.54, 1.807) is 0 Å². The van der Waals surface area contributed by atoms with Gasteiger partial charge in [0.2, 0.25) is 5.91 Å². The summed E-state index contributed by atoms with van der Waals surface area (Å²) in [6.07, 6.45) is 1.20. The van der Waals surface area contributed by atoms with Crippen LogP contribution in [0.5, 0.6) is 0 Å². The standard InChI is InChI=1S/C23H32N4O3S/c1-15-6-7-17(12-16(15)2)19-14-31-21(25-19)26-20(28)13-27-10-8-18(9-11-27)24-22(29)30-23(3,4)5/h6-7,12,14,18H,8-11,13H2,1-5H3,(H,24,29)(H,25,26,28). The van der Waals surface area contributed by atoms with Gasteiger partial charge in [0.05, 0.1) is 12.2 Å². The van der Waals surface area contributed by atoms with Crippen LogP contribution >= 0.6 is 11.3 Å². The second-order valence-corrected chi connectivity index (χ2v) is 9.94. The number of carbonyl (C=O) groups is 2. The fourth-order valence-electron chi connectivity index (χ4n) is 3.44. The maximum atomic E-state index is 12.5. The third-order valence-electron chi connectivity index (χ3n) is 5.23. The van der Waals surface area contributed by atoms with Crippen molar-refractivity contribution in [1.29, 1.82) is 0 Å². The predicted molar refractivity (Wildman–Crippen MR) is 124 cm³/mol. The van der Waals surface area contributed by atoms with Crippen molar-refractivity contribution < 1.29 is 14.3 Å². The number of hydrogen-bond donors (Lipinski definition) is 2. The lowest BCUT2D eigenvalue weighted by atomic mass is 10.1. The number of aryl methyl sites for hydroxylation is 2. The molecule has 1 aromatic carbocycles. The van der Waals surface area contributed by atoms with Crippen LogP contribution in [-0.2, 0) is 9.53 Å². The molecule has 8 heteroatoms. The first-order valence-corrected chi connectivity index (χ1v) is 11.5. The molecule has 1 aliphatic rings. The molecule has 0 spiro atoms. The number of ether oxygens (including phenoxy) is 1. The molecule has 0 radical (unpaired) electrons. The van der Waals surface area contributed by atoms with Gasteiger partial charge in [-0.05, 0) is 64.7 Å². The molecule has 0 saturated carbocycles. The number of benzene rings is 1. The zero-order valence-electron chi connectivity index (χ0n) is 18.9. The normalized spacial score (nSPS) is 15.5. The molecule has 1 saturated heterocycles. The molecule has 2 amide bonds. The zero-order chi connectivity index (χ0) is 22.6. The van der Waals surface area contributed by atoms with Gasteiger partial charge in [-0.1, -0.05) is 12.1 Å². The van der Waals surface area contributed by atoms with E-state index in [0.717, 1.165) is 37.2 Å². The number of anilines is 1. The number of alkyl carbamates (subject to hydrolysis) is 1. The summed E-state index contributed by atoms with van der Waals surface area (Å²) in [4.78, 5) is 31.0. The van der Waals surface area contributed by atoms with E-state index < -0.39 is 5.60 Å². The van der Waals surface area contributed by atoms with Gasteiger partial charge in [0.15, 0.2) is 5.13 Å². The summed E-state index contributed by atoms with van der Waals surface area (Å²) in [5.74, 6) is -0.0699. The molecule has 0 unspecified atom stereocenters. The van der Waals surface area contributed by atoms with E-state index in [1.165, 1.54) is 22.5 Å². The van der Waals surface area contributed by atoms with Gasteiger partial charge in [-0.3, -0.25) is 9.69 Å². The minimum atomic E-state index is -0.503. The molecule has 1 fully saturated rings. The lowest BCUT2D eigenvalue weighted by molar-refractivity contribution is -0.117. The van der Waals surface area contributed by atoms with Gasteiger partial charge in [-0.2, -0.15) is 0 Å². The quantitative estimate of drug-likeness (QED) is 0.716. The summed E-state index contributed by atoms with van der Waals surface area (Å²) in [5.41, 5.74) is 3.90. The van der Waals surface area contributed by atoms with Crippen LogP contribution < -0.4 is 10.6 Å². The Balaban J connectivity index is 1.44. The average Bonchev–Trinajstić information content (AvgIpc) is 3.12. The second-order valence-electron chi connectivity index (χ2n) is 9.08. The molecule has 168 valence electrons. The summed E-state index contributed by atoms with van der Waals surface area (Å²) in [5, 5.41) is 8.41. The number of rotatable bonds is 5. The average molecular weight is 445 g/mol. The highest BCUT2D eigenvalue weighted by atomic mass is 32.1. The van der Waals surface area contributed by atoms with Crippen LogP contribution in [0.4, 0.5) is 9.93 Å². The van der Waals surface area contributed by atoms with E-state index in [0.29, 0.717) is 11.7 Å². The maximum Gasteiger partial charge on any atom is 0.407 e. The van der Waals surface area contributed by atoms with Gasteiger partial charge >= 0.3 is 6.09 Å². The summed E-state index contributed by atoms with van der Waals surface area (Å²) in [6.45, 7) is 11.5. The molecule has 1 aliphatic heterocycles. The van der Waals surface area contributed by atoms with Gasteiger partial charge in [-0.15, -0.1) is 11.3 Å². The van der Waals surface area contributed by atoms with Crippen molar-refractivity contribution in [1.82, 2.24) is 15.2 Å². The SMILES string of the molecule is Cc1ccc(-c2csc(NC(=O)CN3CCC(NC(=O)OC(C)(C)C)CC3)n2)cc1C. The molecule has 31 heavy (non-hydrogen) atoms. The highest BCUT2D eigenvalue weighted by Crippen LogP contribution is 2.26. The van der Waals surface area contributed by atoms with Crippen molar-refractivity contribution in [3.8, 4) is 11.3 Å². The van der Waals surface area contributed by atoms with Gasteiger partial charge in [0, 0.05) is 30.1 Å². The highest BCUT2D eigenvalue weighted by Gasteiger charge is 2.24. The van der Waals surface area contributed by atoms with Crippen LogP contribution in [0.3, 0.4) is 0 Å². The maximum absolute atomic E-state index is 12.5. The number of nitrogens with zero attached hydrogens (tertiary/aromatic N) is 2. The summed E-state index contributed by atoms with van der Waals surface area (Å²) in [7, 11) is 0. The fourth-order valence-corrected chi connectivity index (χ4v) is 4.17. The Morgan fingerprint density at radius 1 is 1.19 bits per heavy atom. The summed E-state index contributed by atoms with van der Waals surface area (Å²) in [6, 6.07) is 6.33. The highest BCUT2D eigenvalue weighted by molar-refractivity contribution is 7.14. The lowest BCUT2D eigenvalue weighted by Gasteiger charge is -2.32. The van der Waals surface area contributed by atoms with Crippen LogP contribution in [0.15, 0.2) is 23.6 Å². The number of hydrogen-bond acceptors (Lipinski definition) is 6. The minimum Gasteiger partial charge on any atom is -0.444 e. The van der Waals surface area contributed by atoms with Crippen molar-refractivity contribution in [3.05, 3.63) is 34.7 Å². The van der Waals surface area contributed by atoms with E-state index in [4.69, 9.17) is 4.74 Å². The van der Waals surface area contributed by atoms with Crippen LogP contribution in [-0.4, -0.2) is 53.2 Å². The molecule has 2 heterocycles. The van der Waals surface area contributed by atoms with E-state index in [9.17, 15) is 9.59 Å². The molecular formula is C23H32N4O3S. The Bertz CT molecular complexity index is 927. The molecule has 2 aromatic rings. The first-order valence-electron chi connectivity index (χ1n) is 10.6. The van der Waals surface area contributed by atoms with Crippen molar-refractivity contribution >= 4 is 28.5 Å². The summed E-state index contributed by atoms with van der Waals surface area (Å²) < 4.78 is 5.31. The zero-order valence-corrected chi connectivity index (χ0v) is 19.8. The summed E-state index contributed by atoms with van der Waals surface area (Å²) >= 11 is 1.43. The molecular weight excluding hydrogens is 412 g/mol. The van der Waals surface area contributed by atoms with Crippen LogP contribution in [0.2, 0.25) is 0 Å². The van der Waals surface area contributed by atoms with Crippen LogP contribution in [0, 0.1) is 13.8 Å². The van der Waals surface area contributed by atoms with E-state index in [2.05, 4.69) is 52.6 Å². The fraction of sp³-hybridized carbons (Fsp3) is 0.522. The monoisotopic (exact) mass is 444 g/mol. The molecule has 1 aromatic heterocycles. The van der Waals surface area contributed by atoms with Crippen molar-refractivity contribution in [2.45, 2.75) is 59.1 Å². The van der Waals surface area contributed by atoms with Crippen molar-refractivity contribution in [3.63, 3.8) is 0 Å². The van der Waals surface area contributed by atoms with Gasteiger partial charge in [0.25, 0.3) is 0 Å². The van der Waals surface area contributed by atoms with E-state index >= 15 is 0 Å². The minimum absolute atomic E-state index is 0.0699. The second kappa shape index (κ2) is 9.78. The lowest BCUT2D eigenvalue weighted by Crippen LogP contribution is -2.47. The van der Waals surface area contributed by atoms with E-state index in [-0.39, 0.29) is 18.0 Å². The Kier molecular flexibility index (Phi) is 7.33. The van der Waals surface area contributed by atoms with Gasteiger partial charge in [0.1, 0.15) is 5.60 Å². The van der Waals surface area contributed by atoms with Crippen LogP contribution in [0.1, 0.15) is 44.7 Å². The predicted octanol–water partition coefficient (Wildman–Crippen LogP) is 4.35. The Hall–Kier alpha value is -2.45. The third kappa shape index (κ3) is 7.04. The smallest absolute Gasteiger partial charge is 0.407 e. The third-order valence-corrected chi connectivity index (χ3v) is 5.99. The number of nitrogens with one attached hydrogen (secondary N) is 2. The first kappa shape index (κ1) is 23.2. The Morgan fingerprint density at radius 3 is 2.55 bits per heavy atom. The molecule has 3 rings (SSSR count). The first-order chi connectivity index (χ1) is 14.6.